The van der Waals surface area contributed by atoms with E-state index in [0.717, 1.165) is 38.0 Å². The Bertz CT molecular complexity index is 191. The number of nitrogens with one attached hydrogen (secondary N) is 1. The summed E-state index contributed by atoms with van der Waals surface area (Å²) in [5.41, 5.74) is 5.73. The van der Waals surface area contributed by atoms with Crippen molar-refractivity contribution < 1.29 is 9.53 Å². The van der Waals surface area contributed by atoms with Gasteiger partial charge in [0.25, 0.3) is 0 Å². The molecule has 0 aliphatic carbocycles. The summed E-state index contributed by atoms with van der Waals surface area (Å²) in [6, 6.07) is -0.372. The molecule has 0 saturated heterocycles. The first kappa shape index (κ1) is 16.7. The minimum Gasteiger partial charge on any atom is -0.381 e. The summed E-state index contributed by atoms with van der Waals surface area (Å²) >= 11 is 1.71. The maximum Gasteiger partial charge on any atom is 0.236 e. The number of amides is 1. The standard InChI is InChI=1S/C12H26N2O2S/c1-3-4-8-16-9-5-7-14-12(15)11(13)6-10-17-2/h11H,3-10,13H2,1-2H3,(H,14,15)/t11-/m0/s1. The van der Waals surface area contributed by atoms with Crippen LogP contribution < -0.4 is 11.1 Å². The summed E-state index contributed by atoms with van der Waals surface area (Å²) in [4.78, 5) is 11.5. The van der Waals surface area contributed by atoms with Crippen LogP contribution in [0.15, 0.2) is 0 Å². The summed E-state index contributed by atoms with van der Waals surface area (Å²) in [6.45, 7) is 4.31. The fraction of sp³-hybridized carbons (Fsp3) is 0.917. The zero-order valence-electron chi connectivity index (χ0n) is 11.0. The van der Waals surface area contributed by atoms with Crippen LogP contribution in [0.4, 0.5) is 0 Å². The predicted octanol–water partition coefficient (Wildman–Crippen LogP) is 1.39. The van der Waals surface area contributed by atoms with Gasteiger partial charge in [0.05, 0.1) is 6.04 Å². The number of rotatable bonds is 11. The number of ether oxygens (including phenoxy) is 1. The molecule has 0 fully saturated rings. The van der Waals surface area contributed by atoms with Crippen LogP contribution >= 0.6 is 11.8 Å². The van der Waals surface area contributed by atoms with Gasteiger partial charge < -0.3 is 15.8 Å². The summed E-state index contributed by atoms with van der Waals surface area (Å²) in [5, 5.41) is 2.83. The van der Waals surface area contributed by atoms with Crippen molar-refractivity contribution in [2.45, 2.75) is 38.6 Å². The van der Waals surface area contributed by atoms with Gasteiger partial charge in [0, 0.05) is 19.8 Å². The number of unbranched alkanes of at least 4 members (excludes halogenated alkanes) is 1. The van der Waals surface area contributed by atoms with Crippen molar-refractivity contribution in [3.05, 3.63) is 0 Å². The summed E-state index contributed by atoms with van der Waals surface area (Å²) < 4.78 is 5.40. The predicted molar refractivity (Wildman–Crippen MR) is 74.3 cm³/mol. The summed E-state index contributed by atoms with van der Waals surface area (Å²) in [7, 11) is 0. The molecule has 17 heavy (non-hydrogen) atoms. The molecule has 0 rings (SSSR count). The maximum absolute atomic E-state index is 11.5. The van der Waals surface area contributed by atoms with Gasteiger partial charge >= 0.3 is 0 Å². The van der Waals surface area contributed by atoms with E-state index in [0.29, 0.717) is 13.2 Å². The van der Waals surface area contributed by atoms with Gasteiger partial charge in [-0.15, -0.1) is 0 Å². The van der Waals surface area contributed by atoms with Crippen LogP contribution in [0.2, 0.25) is 0 Å². The summed E-state index contributed by atoms with van der Waals surface area (Å²) in [5.74, 6) is 0.877. The van der Waals surface area contributed by atoms with Crippen molar-refractivity contribution in [2.24, 2.45) is 5.73 Å². The van der Waals surface area contributed by atoms with Crippen LogP contribution in [-0.2, 0) is 9.53 Å². The first-order valence-corrected chi connectivity index (χ1v) is 7.71. The van der Waals surface area contributed by atoms with Crippen molar-refractivity contribution in [3.8, 4) is 0 Å². The van der Waals surface area contributed by atoms with Gasteiger partial charge in [0.1, 0.15) is 0 Å². The van der Waals surface area contributed by atoms with Crippen LogP contribution in [0.25, 0.3) is 0 Å². The van der Waals surface area contributed by atoms with E-state index in [1.54, 1.807) is 11.8 Å². The highest BCUT2D eigenvalue weighted by Gasteiger charge is 2.11. The number of carbonyl (C=O) groups excluding carboxylic acids is 1. The molecule has 1 amide bonds. The minimum atomic E-state index is -0.372. The number of nitrogens with two attached hydrogens (primary N) is 1. The summed E-state index contributed by atoms with van der Waals surface area (Å²) in [6.07, 6.45) is 5.86. The molecule has 0 aromatic rings. The van der Waals surface area contributed by atoms with Gasteiger partial charge in [-0.1, -0.05) is 13.3 Å². The van der Waals surface area contributed by atoms with Crippen molar-refractivity contribution in [2.75, 3.05) is 31.8 Å². The third-order valence-electron chi connectivity index (χ3n) is 2.38. The Hall–Kier alpha value is -0.260. The van der Waals surface area contributed by atoms with E-state index in [9.17, 15) is 4.79 Å². The van der Waals surface area contributed by atoms with Gasteiger partial charge in [0.15, 0.2) is 0 Å². The lowest BCUT2D eigenvalue weighted by Crippen LogP contribution is -2.41. The van der Waals surface area contributed by atoms with Crippen molar-refractivity contribution in [1.29, 1.82) is 0 Å². The molecule has 0 aromatic heterocycles. The third kappa shape index (κ3) is 10.6. The average molecular weight is 262 g/mol. The van der Waals surface area contributed by atoms with Gasteiger partial charge in [-0.3, -0.25) is 4.79 Å². The smallest absolute Gasteiger partial charge is 0.236 e. The van der Waals surface area contributed by atoms with Crippen LogP contribution in [0, 0.1) is 0 Å². The highest BCUT2D eigenvalue weighted by atomic mass is 32.2. The molecule has 5 heteroatoms. The van der Waals surface area contributed by atoms with Gasteiger partial charge in [0.2, 0.25) is 5.91 Å². The van der Waals surface area contributed by atoms with E-state index in [1.165, 1.54) is 0 Å². The Labute approximate surface area is 109 Å². The number of carbonyl (C=O) groups is 1. The largest absolute Gasteiger partial charge is 0.381 e. The Morgan fingerprint density at radius 1 is 1.41 bits per heavy atom. The first-order chi connectivity index (χ1) is 8.22. The fourth-order valence-electron chi connectivity index (χ4n) is 1.24. The number of hydrogen-bond acceptors (Lipinski definition) is 4. The topological polar surface area (TPSA) is 64.3 Å². The number of thioether (sulfide) groups is 1. The Kier molecular flexibility index (Phi) is 12.0. The van der Waals surface area contributed by atoms with E-state index >= 15 is 0 Å². The second-order valence-corrected chi connectivity index (χ2v) is 4.98. The molecule has 0 radical (unpaired) electrons. The normalized spacial score (nSPS) is 12.4. The van der Waals surface area contributed by atoms with Crippen molar-refractivity contribution >= 4 is 17.7 Å². The zero-order valence-corrected chi connectivity index (χ0v) is 11.9. The lowest BCUT2D eigenvalue weighted by atomic mass is 10.2. The quantitative estimate of drug-likeness (QED) is 0.552. The van der Waals surface area contributed by atoms with Crippen LogP contribution in [0.5, 0.6) is 0 Å². The third-order valence-corrected chi connectivity index (χ3v) is 3.02. The second-order valence-electron chi connectivity index (χ2n) is 4.00. The molecule has 102 valence electrons. The molecular formula is C12H26N2O2S. The Balaban J connectivity index is 3.32. The molecule has 3 N–H and O–H groups in total. The first-order valence-electron chi connectivity index (χ1n) is 6.32. The average Bonchev–Trinajstić information content (AvgIpc) is 2.34. The highest BCUT2D eigenvalue weighted by molar-refractivity contribution is 7.98. The molecule has 0 unspecified atom stereocenters. The van der Waals surface area contributed by atoms with E-state index < -0.39 is 0 Å². The molecule has 0 aromatic carbocycles. The SMILES string of the molecule is CCCCOCCCNC(=O)[C@@H](N)CCSC. The molecule has 0 bridgehead atoms. The molecule has 0 spiro atoms. The molecule has 4 nitrogen and oxygen atoms in total. The van der Waals surface area contributed by atoms with Gasteiger partial charge in [-0.2, -0.15) is 11.8 Å². The lowest BCUT2D eigenvalue weighted by Gasteiger charge is -2.11. The highest BCUT2D eigenvalue weighted by Crippen LogP contribution is 1.98. The van der Waals surface area contributed by atoms with E-state index in [2.05, 4.69) is 12.2 Å². The van der Waals surface area contributed by atoms with E-state index in [-0.39, 0.29) is 11.9 Å². The van der Waals surface area contributed by atoms with Crippen LogP contribution in [0.3, 0.4) is 0 Å². The van der Waals surface area contributed by atoms with Crippen molar-refractivity contribution in [1.82, 2.24) is 5.32 Å². The maximum atomic E-state index is 11.5. The van der Waals surface area contributed by atoms with Gasteiger partial charge in [-0.25, -0.2) is 0 Å². The lowest BCUT2D eigenvalue weighted by molar-refractivity contribution is -0.122. The zero-order chi connectivity index (χ0) is 12.9. The van der Waals surface area contributed by atoms with Crippen molar-refractivity contribution in [3.63, 3.8) is 0 Å². The Morgan fingerprint density at radius 3 is 2.76 bits per heavy atom. The monoisotopic (exact) mass is 262 g/mol. The fourth-order valence-corrected chi connectivity index (χ4v) is 1.73. The molecular weight excluding hydrogens is 236 g/mol. The molecule has 0 saturated carbocycles. The van der Waals surface area contributed by atoms with Gasteiger partial charge in [-0.05, 0) is 31.3 Å². The molecule has 0 aliphatic heterocycles. The Morgan fingerprint density at radius 2 is 2.12 bits per heavy atom. The molecule has 0 heterocycles. The van der Waals surface area contributed by atoms with E-state index in [4.69, 9.17) is 10.5 Å². The van der Waals surface area contributed by atoms with Crippen LogP contribution in [0.1, 0.15) is 32.6 Å². The minimum absolute atomic E-state index is 0.0485. The second kappa shape index (κ2) is 12.2. The molecule has 0 aliphatic rings. The number of hydrogen-bond donors (Lipinski definition) is 2. The van der Waals surface area contributed by atoms with Crippen LogP contribution in [-0.4, -0.2) is 43.7 Å². The molecule has 1 atom stereocenters. The van der Waals surface area contributed by atoms with E-state index in [1.807, 2.05) is 6.26 Å².